The molecule has 0 fully saturated rings. The van der Waals surface area contributed by atoms with E-state index in [0.717, 1.165) is 34.5 Å². The minimum absolute atomic E-state index is 0.395. The number of aromatic nitrogens is 2. The highest BCUT2D eigenvalue weighted by molar-refractivity contribution is 5.93. The van der Waals surface area contributed by atoms with Crippen LogP contribution in [0.25, 0.3) is 11.0 Å². The lowest BCUT2D eigenvalue weighted by Gasteiger charge is -2.10. The van der Waals surface area contributed by atoms with Crippen molar-refractivity contribution in [3.63, 3.8) is 0 Å². The number of benzene rings is 2. The van der Waals surface area contributed by atoms with Gasteiger partial charge in [0.05, 0.1) is 11.0 Å². The van der Waals surface area contributed by atoms with Crippen molar-refractivity contribution in [1.29, 1.82) is 0 Å². The summed E-state index contributed by atoms with van der Waals surface area (Å²) in [7, 11) is 0. The molecule has 1 heterocycles. The molecule has 106 valence electrons. The fourth-order valence-electron chi connectivity index (χ4n) is 2.59. The topological polar surface area (TPSA) is 60.9 Å². The van der Waals surface area contributed by atoms with Crippen LogP contribution in [0.5, 0.6) is 0 Å². The number of amides is 1. The van der Waals surface area contributed by atoms with E-state index in [0.29, 0.717) is 5.56 Å². The predicted molar refractivity (Wildman–Crippen MR) is 83.3 cm³/mol. The molecule has 0 aliphatic heterocycles. The third-order valence-corrected chi connectivity index (χ3v) is 3.80. The average Bonchev–Trinajstić information content (AvgIpc) is 2.77. The van der Waals surface area contributed by atoms with Crippen molar-refractivity contribution in [3.05, 3.63) is 65.0 Å². The number of carbonyl (C=O) groups excluding carboxylic acids is 1. The number of nitrogens with zero attached hydrogens (tertiary/aromatic N) is 2. The second-order valence-electron chi connectivity index (χ2n) is 5.24. The highest BCUT2D eigenvalue weighted by atomic mass is 16.1. The normalized spacial score (nSPS) is 11.0. The maximum Gasteiger partial charge on any atom is 0.248 e. The van der Waals surface area contributed by atoms with Gasteiger partial charge in [-0.15, -0.1) is 0 Å². The highest BCUT2D eigenvalue weighted by Crippen LogP contribution is 2.19. The van der Waals surface area contributed by atoms with Crippen molar-refractivity contribution >= 4 is 16.9 Å². The van der Waals surface area contributed by atoms with Crippen LogP contribution in [0, 0.1) is 13.8 Å². The number of hydrogen-bond acceptors (Lipinski definition) is 2. The molecule has 0 saturated heterocycles. The van der Waals surface area contributed by atoms with Crippen molar-refractivity contribution in [2.45, 2.75) is 20.4 Å². The lowest BCUT2D eigenvalue weighted by Crippen LogP contribution is -2.12. The van der Waals surface area contributed by atoms with Crippen molar-refractivity contribution in [1.82, 2.24) is 9.55 Å². The number of para-hydroxylation sites is 2. The van der Waals surface area contributed by atoms with E-state index in [1.54, 1.807) is 6.07 Å². The predicted octanol–water partition coefficient (Wildman–Crippen LogP) is 2.80. The maximum atomic E-state index is 11.2. The number of fused-ring (bicyclic) bond motifs is 1. The molecular weight excluding hydrogens is 262 g/mol. The van der Waals surface area contributed by atoms with Gasteiger partial charge in [-0.3, -0.25) is 4.79 Å². The molecule has 2 N–H and O–H groups in total. The largest absolute Gasteiger partial charge is 0.366 e. The standard InChI is InChI=1S/C17H17N3O/c1-11-9-13(17(18)21)7-8-14(11)10-20-12(2)19-15-5-3-4-6-16(15)20/h3-9H,10H2,1-2H3,(H2,18,21). The second-order valence-corrected chi connectivity index (χ2v) is 5.24. The summed E-state index contributed by atoms with van der Waals surface area (Å²) in [5.74, 6) is 0.587. The molecule has 0 saturated carbocycles. The lowest BCUT2D eigenvalue weighted by atomic mass is 10.0. The quantitative estimate of drug-likeness (QED) is 0.801. The monoisotopic (exact) mass is 279 g/mol. The molecule has 1 amide bonds. The molecule has 21 heavy (non-hydrogen) atoms. The van der Waals surface area contributed by atoms with Gasteiger partial charge in [0.15, 0.2) is 0 Å². The number of hydrogen-bond donors (Lipinski definition) is 1. The summed E-state index contributed by atoms with van der Waals surface area (Å²) in [5.41, 5.74) is 10.2. The first-order chi connectivity index (χ1) is 10.1. The van der Waals surface area contributed by atoms with Gasteiger partial charge in [-0.05, 0) is 49.2 Å². The van der Waals surface area contributed by atoms with E-state index in [9.17, 15) is 4.79 Å². The molecule has 0 atom stereocenters. The SMILES string of the molecule is Cc1cc(C(N)=O)ccc1Cn1c(C)nc2ccccc21. The fraction of sp³-hybridized carbons (Fsp3) is 0.176. The van der Waals surface area contributed by atoms with Gasteiger partial charge in [-0.25, -0.2) is 4.98 Å². The average molecular weight is 279 g/mol. The molecule has 3 rings (SSSR count). The molecule has 4 nitrogen and oxygen atoms in total. The zero-order valence-corrected chi connectivity index (χ0v) is 12.1. The van der Waals surface area contributed by atoms with Crippen molar-refractivity contribution in [2.75, 3.05) is 0 Å². The summed E-state index contributed by atoms with van der Waals surface area (Å²) < 4.78 is 2.18. The van der Waals surface area contributed by atoms with Crippen molar-refractivity contribution in [3.8, 4) is 0 Å². The van der Waals surface area contributed by atoms with E-state index in [-0.39, 0.29) is 0 Å². The van der Waals surface area contributed by atoms with E-state index in [1.807, 2.05) is 44.2 Å². The smallest absolute Gasteiger partial charge is 0.248 e. The van der Waals surface area contributed by atoms with Crippen LogP contribution in [0.15, 0.2) is 42.5 Å². The van der Waals surface area contributed by atoms with Crippen LogP contribution < -0.4 is 5.73 Å². The van der Waals surface area contributed by atoms with Crippen LogP contribution in [0.3, 0.4) is 0 Å². The number of rotatable bonds is 3. The minimum Gasteiger partial charge on any atom is -0.366 e. The van der Waals surface area contributed by atoms with Gasteiger partial charge >= 0.3 is 0 Å². The van der Waals surface area contributed by atoms with Gasteiger partial charge < -0.3 is 10.3 Å². The van der Waals surface area contributed by atoms with E-state index in [1.165, 1.54) is 0 Å². The van der Waals surface area contributed by atoms with Gasteiger partial charge in [0.1, 0.15) is 5.82 Å². The Labute approximate surface area is 123 Å². The van der Waals surface area contributed by atoms with Gasteiger partial charge in [-0.1, -0.05) is 18.2 Å². The van der Waals surface area contributed by atoms with E-state index in [4.69, 9.17) is 5.73 Å². The second kappa shape index (κ2) is 5.05. The summed E-state index contributed by atoms with van der Waals surface area (Å²) in [6.07, 6.45) is 0. The van der Waals surface area contributed by atoms with Crippen LogP contribution in [-0.4, -0.2) is 15.5 Å². The number of primary amides is 1. The molecule has 2 aromatic carbocycles. The molecule has 0 bridgehead atoms. The Bertz CT molecular complexity index is 833. The van der Waals surface area contributed by atoms with Crippen LogP contribution in [0.4, 0.5) is 0 Å². The zero-order valence-electron chi connectivity index (χ0n) is 12.1. The molecule has 0 aliphatic rings. The third kappa shape index (κ3) is 2.40. The summed E-state index contributed by atoms with van der Waals surface area (Å²) in [4.78, 5) is 15.8. The molecule has 0 spiro atoms. The minimum atomic E-state index is -0.395. The number of aryl methyl sites for hydroxylation is 2. The first-order valence-corrected chi connectivity index (χ1v) is 6.87. The number of nitrogens with two attached hydrogens (primary N) is 1. The van der Waals surface area contributed by atoms with Gasteiger partial charge in [0, 0.05) is 12.1 Å². The number of carbonyl (C=O) groups is 1. The highest BCUT2D eigenvalue weighted by Gasteiger charge is 2.09. The molecule has 3 aromatic rings. The van der Waals surface area contributed by atoms with E-state index < -0.39 is 5.91 Å². The van der Waals surface area contributed by atoms with Crippen molar-refractivity contribution < 1.29 is 4.79 Å². The fourth-order valence-corrected chi connectivity index (χ4v) is 2.59. The summed E-state index contributed by atoms with van der Waals surface area (Å²) >= 11 is 0. The van der Waals surface area contributed by atoms with Crippen LogP contribution in [-0.2, 0) is 6.54 Å². The zero-order chi connectivity index (χ0) is 15.0. The Morgan fingerprint density at radius 3 is 2.67 bits per heavy atom. The molecular formula is C17H17N3O. The molecule has 0 aliphatic carbocycles. The maximum absolute atomic E-state index is 11.2. The number of imidazole rings is 1. The summed E-state index contributed by atoms with van der Waals surface area (Å²) in [5, 5.41) is 0. The third-order valence-electron chi connectivity index (χ3n) is 3.80. The van der Waals surface area contributed by atoms with Crippen LogP contribution >= 0.6 is 0 Å². The molecule has 0 radical (unpaired) electrons. The van der Waals surface area contributed by atoms with Gasteiger partial charge in [0.2, 0.25) is 5.91 Å². The summed E-state index contributed by atoms with van der Waals surface area (Å²) in [6.45, 7) is 4.74. The Morgan fingerprint density at radius 2 is 1.95 bits per heavy atom. The van der Waals surface area contributed by atoms with Gasteiger partial charge in [0.25, 0.3) is 0 Å². The van der Waals surface area contributed by atoms with Gasteiger partial charge in [-0.2, -0.15) is 0 Å². The Morgan fingerprint density at radius 1 is 1.19 bits per heavy atom. The Hall–Kier alpha value is -2.62. The first-order valence-electron chi connectivity index (χ1n) is 6.87. The molecule has 4 heteroatoms. The van der Waals surface area contributed by atoms with E-state index in [2.05, 4.69) is 15.6 Å². The van der Waals surface area contributed by atoms with E-state index >= 15 is 0 Å². The van der Waals surface area contributed by atoms with Crippen LogP contribution in [0.1, 0.15) is 27.3 Å². The van der Waals surface area contributed by atoms with Crippen molar-refractivity contribution in [2.24, 2.45) is 5.73 Å². The Kier molecular flexibility index (Phi) is 3.22. The molecule has 0 unspecified atom stereocenters. The Balaban J connectivity index is 2.03. The van der Waals surface area contributed by atoms with Crippen LogP contribution in [0.2, 0.25) is 0 Å². The molecule has 1 aromatic heterocycles. The lowest BCUT2D eigenvalue weighted by molar-refractivity contribution is 0.1000. The first kappa shape index (κ1) is 13.4. The summed E-state index contributed by atoms with van der Waals surface area (Å²) in [6, 6.07) is 13.7.